The first-order chi connectivity index (χ1) is 27.2. The fourth-order valence-electron chi connectivity index (χ4n) is 7.62. The number of para-hydroxylation sites is 6. The van der Waals surface area contributed by atoms with Crippen molar-refractivity contribution in [2.75, 3.05) is 4.90 Å². The van der Waals surface area contributed by atoms with Crippen LogP contribution < -0.4 is 4.90 Å². The lowest BCUT2D eigenvalue weighted by molar-refractivity contribution is 0.619. The molecule has 0 aliphatic rings. The summed E-state index contributed by atoms with van der Waals surface area (Å²) >= 11 is 0. The van der Waals surface area contributed by atoms with Gasteiger partial charge in [0.05, 0.1) is 11.0 Å². The van der Waals surface area contributed by atoms with Gasteiger partial charge in [-0.3, -0.25) is 0 Å². The molecule has 0 saturated heterocycles. The number of aromatic nitrogens is 3. The number of pyridine rings is 1. The highest BCUT2D eigenvalue weighted by Gasteiger charge is 2.17. The molecule has 0 spiro atoms. The smallest absolute Gasteiger partial charge is 0.227 e. The van der Waals surface area contributed by atoms with E-state index in [1.54, 1.807) is 0 Å². The molecule has 6 nitrogen and oxygen atoms in total. The standard InChI is InChI=1S/C49H30N4O2/c1-3-11-41-39(9-1)47(40-10-2-4-12-42(40)50-41)35-18-17-34-30-38(28-23-33(34)29-35)53(36-24-19-31(20-25-36)48-51-43-13-5-7-15-45(43)54-48)37-26-21-32(22-27-37)49-52-44-14-6-8-16-46(44)55-49/h1-30H. The predicted molar refractivity (Wildman–Crippen MR) is 223 cm³/mol. The average molecular weight is 707 g/mol. The summed E-state index contributed by atoms with van der Waals surface area (Å²) in [6, 6.07) is 62.6. The van der Waals surface area contributed by atoms with Gasteiger partial charge in [-0.15, -0.1) is 0 Å². The fraction of sp³-hybridized carbons (Fsp3) is 0. The molecule has 55 heavy (non-hydrogen) atoms. The van der Waals surface area contributed by atoms with Crippen LogP contribution in [0, 0.1) is 0 Å². The van der Waals surface area contributed by atoms with Gasteiger partial charge in [0, 0.05) is 44.5 Å². The lowest BCUT2D eigenvalue weighted by atomic mass is 9.94. The van der Waals surface area contributed by atoms with Crippen molar-refractivity contribution in [1.82, 2.24) is 15.0 Å². The first-order valence-electron chi connectivity index (χ1n) is 18.3. The SMILES string of the molecule is c1ccc2oc(-c3ccc(N(c4ccc(-c5nc6ccccc6o5)cc4)c4ccc5cc(-c6c7ccccc7nc7ccccc67)ccc5c4)cc3)nc2c1. The third kappa shape index (κ3) is 5.39. The molecule has 0 bridgehead atoms. The number of hydrogen-bond acceptors (Lipinski definition) is 6. The fourth-order valence-corrected chi connectivity index (χ4v) is 7.62. The van der Waals surface area contributed by atoms with Gasteiger partial charge in [0.25, 0.3) is 0 Å². The summed E-state index contributed by atoms with van der Waals surface area (Å²) in [6.45, 7) is 0. The Morgan fingerprint density at radius 3 is 1.33 bits per heavy atom. The van der Waals surface area contributed by atoms with Gasteiger partial charge in [-0.25, -0.2) is 15.0 Å². The maximum absolute atomic E-state index is 6.09. The quantitative estimate of drug-likeness (QED) is 0.160. The predicted octanol–water partition coefficient (Wildman–Crippen LogP) is 13.3. The van der Waals surface area contributed by atoms with Gasteiger partial charge in [0.2, 0.25) is 11.8 Å². The van der Waals surface area contributed by atoms with Gasteiger partial charge in [-0.05, 0) is 119 Å². The summed E-state index contributed by atoms with van der Waals surface area (Å²) in [6.07, 6.45) is 0. The van der Waals surface area contributed by atoms with Crippen LogP contribution in [0.2, 0.25) is 0 Å². The Bertz CT molecular complexity index is 2980. The van der Waals surface area contributed by atoms with Gasteiger partial charge in [0.15, 0.2) is 11.2 Å². The highest BCUT2D eigenvalue weighted by Crippen LogP contribution is 2.40. The van der Waals surface area contributed by atoms with Crippen molar-refractivity contribution in [2.45, 2.75) is 0 Å². The Kier molecular flexibility index (Phi) is 7.07. The Labute approximate surface area is 315 Å². The highest BCUT2D eigenvalue weighted by atomic mass is 16.4. The summed E-state index contributed by atoms with van der Waals surface area (Å²) in [5.41, 5.74) is 12.4. The Hall–Kier alpha value is -7.57. The monoisotopic (exact) mass is 706 g/mol. The minimum Gasteiger partial charge on any atom is -0.436 e. The Balaban J connectivity index is 1.01. The zero-order valence-corrected chi connectivity index (χ0v) is 29.4. The molecule has 0 unspecified atom stereocenters. The second-order valence-corrected chi connectivity index (χ2v) is 13.7. The van der Waals surface area contributed by atoms with E-state index in [2.05, 4.69) is 126 Å². The van der Waals surface area contributed by atoms with Crippen LogP contribution in [0.5, 0.6) is 0 Å². The molecular formula is C49H30N4O2. The van der Waals surface area contributed by atoms with Crippen LogP contribution in [0.25, 0.3) is 88.8 Å². The van der Waals surface area contributed by atoms with Crippen molar-refractivity contribution in [1.29, 1.82) is 0 Å². The first-order valence-corrected chi connectivity index (χ1v) is 18.3. The van der Waals surface area contributed by atoms with Crippen molar-refractivity contribution in [3.05, 3.63) is 182 Å². The molecule has 3 aromatic heterocycles. The molecule has 0 aliphatic heterocycles. The van der Waals surface area contributed by atoms with Gasteiger partial charge >= 0.3 is 0 Å². The first kappa shape index (κ1) is 31.0. The van der Waals surface area contributed by atoms with E-state index in [0.717, 1.165) is 88.5 Å². The lowest BCUT2D eigenvalue weighted by Crippen LogP contribution is -2.09. The van der Waals surface area contributed by atoms with Crippen LogP contribution in [-0.2, 0) is 0 Å². The molecule has 0 atom stereocenters. The second-order valence-electron chi connectivity index (χ2n) is 13.7. The van der Waals surface area contributed by atoms with Crippen LogP contribution in [0.3, 0.4) is 0 Å². The average Bonchev–Trinajstić information content (AvgIpc) is 3.89. The molecule has 6 heteroatoms. The third-order valence-corrected chi connectivity index (χ3v) is 10.3. The number of rotatable bonds is 6. The van der Waals surface area contributed by atoms with Gasteiger partial charge in [-0.1, -0.05) is 78.9 Å². The molecule has 0 N–H and O–H groups in total. The molecule has 0 amide bonds. The molecule has 0 saturated carbocycles. The minimum absolute atomic E-state index is 0.596. The molecule has 0 aliphatic carbocycles. The Morgan fingerprint density at radius 2 is 0.782 bits per heavy atom. The van der Waals surface area contributed by atoms with Crippen LogP contribution in [0.15, 0.2) is 191 Å². The van der Waals surface area contributed by atoms with Crippen molar-refractivity contribution < 1.29 is 8.83 Å². The number of benzene rings is 8. The normalized spacial score (nSPS) is 11.6. The van der Waals surface area contributed by atoms with E-state index in [1.165, 1.54) is 5.56 Å². The van der Waals surface area contributed by atoms with Crippen LogP contribution in [0.4, 0.5) is 17.1 Å². The molecular weight excluding hydrogens is 677 g/mol. The summed E-state index contributed by atoms with van der Waals surface area (Å²) in [5, 5.41) is 4.58. The van der Waals surface area contributed by atoms with Crippen molar-refractivity contribution in [3.8, 4) is 34.0 Å². The number of fused-ring (bicyclic) bond motifs is 5. The van der Waals surface area contributed by atoms with Gasteiger partial charge < -0.3 is 13.7 Å². The van der Waals surface area contributed by atoms with E-state index >= 15 is 0 Å². The summed E-state index contributed by atoms with van der Waals surface area (Å²) in [5.74, 6) is 1.19. The van der Waals surface area contributed by atoms with E-state index < -0.39 is 0 Å². The molecule has 11 aromatic rings. The molecule has 8 aromatic carbocycles. The van der Waals surface area contributed by atoms with Crippen molar-refractivity contribution in [3.63, 3.8) is 0 Å². The van der Waals surface area contributed by atoms with Crippen molar-refractivity contribution >= 4 is 71.8 Å². The molecule has 258 valence electrons. The van der Waals surface area contributed by atoms with Crippen LogP contribution in [0.1, 0.15) is 0 Å². The number of anilines is 3. The van der Waals surface area contributed by atoms with E-state index in [-0.39, 0.29) is 0 Å². The minimum atomic E-state index is 0.596. The topological polar surface area (TPSA) is 68.2 Å². The number of nitrogens with zero attached hydrogens (tertiary/aromatic N) is 4. The third-order valence-electron chi connectivity index (χ3n) is 10.3. The highest BCUT2D eigenvalue weighted by molar-refractivity contribution is 6.10. The lowest BCUT2D eigenvalue weighted by Gasteiger charge is -2.26. The van der Waals surface area contributed by atoms with E-state index in [1.807, 2.05) is 60.7 Å². The second kappa shape index (κ2) is 12.5. The summed E-state index contributed by atoms with van der Waals surface area (Å²) in [4.78, 5) is 16.7. The summed E-state index contributed by atoms with van der Waals surface area (Å²) < 4.78 is 12.2. The van der Waals surface area contributed by atoms with Gasteiger partial charge in [-0.2, -0.15) is 0 Å². The van der Waals surface area contributed by atoms with E-state index in [0.29, 0.717) is 11.8 Å². The Morgan fingerprint density at radius 1 is 0.345 bits per heavy atom. The largest absolute Gasteiger partial charge is 0.436 e. The molecule has 3 heterocycles. The number of oxazole rings is 2. The van der Waals surface area contributed by atoms with E-state index in [4.69, 9.17) is 23.8 Å². The molecule has 0 fully saturated rings. The summed E-state index contributed by atoms with van der Waals surface area (Å²) in [7, 11) is 0. The molecule has 0 radical (unpaired) electrons. The maximum atomic E-state index is 6.09. The van der Waals surface area contributed by atoms with Crippen LogP contribution >= 0.6 is 0 Å². The van der Waals surface area contributed by atoms with Gasteiger partial charge in [0.1, 0.15) is 11.0 Å². The zero-order valence-electron chi connectivity index (χ0n) is 29.4. The maximum Gasteiger partial charge on any atom is 0.227 e. The van der Waals surface area contributed by atoms with E-state index in [9.17, 15) is 0 Å². The van der Waals surface area contributed by atoms with Crippen molar-refractivity contribution in [2.24, 2.45) is 0 Å². The number of hydrogen-bond donors (Lipinski definition) is 0. The zero-order chi connectivity index (χ0) is 36.3. The molecule has 11 rings (SSSR count). The van der Waals surface area contributed by atoms with Crippen LogP contribution in [-0.4, -0.2) is 15.0 Å².